The lowest BCUT2D eigenvalue weighted by Gasteiger charge is -2.02. The van der Waals surface area contributed by atoms with E-state index in [0.717, 1.165) is 10.9 Å². The normalized spacial score (nSPS) is 10.8. The molecule has 0 aliphatic carbocycles. The number of carbonyl (C=O) groups excluding carboxylic acids is 1. The lowest BCUT2D eigenvalue weighted by atomic mass is 10.0. The number of aryl methyl sites for hydroxylation is 1. The van der Waals surface area contributed by atoms with Crippen LogP contribution in [0.1, 0.15) is 15.9 Å². The standard InChI is InChI=1S/C17H14FNO2/c1-10-3-8-14-13(9-10)15(17(20)19-2)16(21-14)11-4-6-12(18)7-5-11/h3-9H,1-2H3,(H,19,20). The van der Waals surface area contributed by atoms with Crippen molar-refractivity contribution >= 4 is 16.9 Å². The summed E-state index contributed by atoms with van der Waals surface area (Å²) >= 11 is 0. The van der Waals surface area contributed by atoms with E-state index in [9.17, 15) is 9.18 Å². The monoisotopic (exact) mass is 283 g/mol. The predicted octanol–water partition coefficient (Wildman–Crippen LogP) is 3.91. The molecule has 0 saturated heterocycles. The van der Waals surface area contributed by atoms with E-state index in [0.29, 0.717) is 22.5 Å². The van der Waals surface area contributed by atoms with Gasteiger partial charge in [0.05, 0.1) is 5.56 Å². The van der Waals surface area contributed by atoms with Crippen molar-refractivity contribution in [2.75, 3.05) is 7.05 Å². The number of rotatable bonds is 2. The second kappa shape index (κ2) is 5.05. The summed E-state index contributed by atoms with van der Waals surface area (Å²) in [5, 5.41) is 3.39. The van der Waals surface area contributed by atoms with Gasteiger partial charge in [0.15, 0.2) is 0 Å². The first kappa shape index (κ1) is 13.4. The maximum atomic E-state index is 13.1. The van der Waals surface area contributed by atoms with Crippen LogP contribution in [0.2, 0.25) is 0 Å². The molecule has 3 nitrogen and oxygen atoms in total. The number of furan rings is 1. The lowest BCUT2D eigenvalue weighted by molar-refractivity contribution is 0.0964. The average Bonchev–Trinajstić information content (AvgIpc) is 2.85. The van der Waals surface area contributed by atoms with Gasteiger partial charge in [-0.05, 0) is 43.3 Å². The summed E-state index contributed by atoms with van der Waals surface area (Å²) < 4.78 is 18.9. The van der Waals surface area contributed by atoms with Gasteiger partial charge in [-0.3, -0.25) is 4.79 Å². The third-order valence-corrected chi connectivity index (χ3v) is 3.40. The van der Waals surface area contributed by atoms with Gasteiger partial charge in [-0.2, -0.15) is 0 Å². The molecular weight excluding hydrogens is 269 g/mol. The second-order valence-corrected chi connectivity index (χ2v) is 4.89. The lowest BCUT2D eigenvalue weighted by Crippen LogP contribution is -2.18. The zero-order valence-corrected chi connectivity index (χ0v) is 11.7. The van der Waals surface area contributed by atoms with Crippen molar-refractivity contribution in [1.82, 2.24) is 5.32 Å². The van der Waals surface area contributed by atoms with Gasteiger partial charge in [-0.25, -0.2) is 4.39 Å². The number of hydrogen-bond acceptors (Lipinski definition) is 2. The SMILES string of the molecule is CNC(=O)c1c(-c2ccc(F)cc2)oc2ccc(C)cc12. The summed E-state index contributed by atoms with van der Waals surface area (Å²) in [6.45, 7) is 1.96. The molecule has 0 fully saturated rings. The molecule has 1 amide bonds. The molecule has 0 aliphatic heterocycles. The topological polar surface area (TPSA) is 42.2 Å². The third kappa shape index (κ3) is 2.29. The van der Waals surface area contributed by atoms with E-state index in [1.807, 2.05) is 25.1 Å². The highest BCUT2D eigenvalue weighted by molar-refractivity contribution is 6.11. The fourth-order valence-electron chi connectivity index (χ4n) is 2.37. The molecule has 1 N–H and O–H groups in total. The average molecular weight is 283 g/mol. The van der Waals surface area contributed by atoms with Crippen molar-refractivity contribution in [1.29, 1.82) is 0 Å². The van der Waals surface area contributed by atoms with E-state index in [-0.39, 0.29) is 11.7 Å². The van der Waals surface area contributed by atoms with Gasteiger partial charge in [0.1, 0.15) is 17.2 Å². The Morgan fingerprint density at radius 2 is 1.86 bits per heavy atom. The maximum Gasteiger partial charge on any atom is 0.255 e. The Labute approximate surface area is 121 Å². The zero-order chi connectivity index (χ0) is 15.0. The molecule has 0 atom stereocenters. The fraction of sp³-hybridized carbons (Fsp3) is 0.118. The number of benzene rings is 2. The van der Waals surface area contributed by atoms with Crippen LogP contribution in [0, 0.1) is 12.7 Å². The van der Waals surface area contributed by atoms with E-state index in [1.54, 1.807) is 19.2 Å². The van der Waals surface area contributed by atoms with Gasteiger partial charge in [-0.1, -0.05) is 11.6 Å². The number of amides is 1. The van der Waals surface area contributed by atoms with Crippen LogP contribution < -0.4 is 5.32 Å². The van der Waals surface area contributed by atoms with Crippen molar-refractivity contribution < 1.29 is 13.6 Å². The summed E-state index contributed by atoms with van der Waals surface area (Å²) in [6, 6.07) is 11.6. The number of halogens is 1. The van der Waals surface area contributed by atoms with E-state index >= 15 is 0 Å². The van der Waals surface area contributed by atoms with Crippen molar-refractivity contribution in [3.63, 3.8) is 0 Å². The molecule has 0 spiro atoms. The highest BCUT2D eigenvalue weighted by Gasteiger charge is 2.21. The van der Waals surface area contributed by atoms with Gasteiger partial charge in [0.2, 0.25) is 0 Å². The maximum absolute atomic E-state index is 13.1. The first-order chi connectivity index (χ1) is 10.1. The van der Waals surface area contributed by atoms with E-state index in [1.165, 1.54) is 12.1 Å². The van der Waals surface area contributed by atoms with Crippen molar-refractivity contribution in [3.8, 4) is 11.3 Å². The largest absolute Gasteiger partial charge is 0.455 e. The van der Waals surface area contributed by atoms with Crippen LogP contribution in [0.5, 0.6) is 0 Å². The molecule has 1 aromatic heterocycles. The minimum atomic E-state index is -0.327. The highest BCUT2D eigenvalue weighted by atomic mass is 19.1. The predicted molar refractivity (Wildman–Crippen MR) is 79.7 cm³/mol. The molecule has 0 unspecified atom stereocenters. The molecule has 0 saturated carbocycles. The molecule has 0 aliphatic rings. The van der Waals surface area contributed by atoms with Crippen LogP contribution in [0.4, 0.5) is 4.39 Å². The minimum absolute atomic E-state index is 0.223. The minimum Gasteiger partial charge on any atom is -0.455 e. The van der Waals surface area contributed by atoms with Crippen LogP contribution in [0.25, 0.3) is 22.3 Å². The van der Waals surface area contributed by atoms with Gasteiger partial charge in [-0.15, -0.1) is 0 Å². The quantitative estimate of drug-likeness (QED) is 0.775. The molecule has 106 valence electrons. The number of nitrogens with one attached hydrogen (secondary N) is 1. The van der Waals surface area contributed by atoms with Gasteiger partial charge in [0, 0.05) is 18.0 Å². The Morgan fingerprint density at radius 3 is 2.52 bits per heavy atom. The molecular formula is C17H14FNO2. The summed E-state index contributed by atoms with van der Waals surface area (Å²) in [4.78, 5) is 12.2. The Morgan fingerprint density at radius 1 is 1.14 bits per heavy atom. The Bertz CT molecular complexity index is 819. The van der Waals surface area contributed by atoms with Crippen LogP contribution in [0.15, 0.2) is 46.9 Å². The summed E-state index contributed by atoms with van der Waals surface area (Å²) in [5.74, 6) is -0.0965. The van der Waals surface area contributed by atoms with Gasteiger partial charge >= 0.3 is 0 Å². The molecule has 4 heteroatoms. The Kier molecular flexibility index (Phi) is 3.22. The van der Waals surface area contributed by atoms with Crippen molar-refractivity contribution in [2.45, 2.75) is 6.92 Å². The van der Waals surface area contributed by atoms with Crippen molar-refractivity contribution in [3.05, 3.63) is 59.4 Å². The van der Waals surface area contributed by atoms with E-state index in [4.69, 9.17) is 4.42 Å². The smallest absolute Gasteiger partial charge is 0.255 e. The van der Waals surface area contributed by atoms with Crippen molar-refractivity contribution in [2.24, 2.45) is 0 Å². The van der Waals surface area contributed by atoms with E-state index in [2.05, 4.69) is 5.32 Å². The second-order valence-electron chi connectivity index (χ2n) is 4.89. The molecule has 2 aromatic carbocycles. The molecule has 0 radical (unpaired) electrons. The van der Waals surface area contributed by atoms with Crippen LogP contribution in [0.3, 0.4) is 0 Å². The first-order valence-electron chi connectivity index (χ1n) is 6.61. The number of carbonyl (C=O) groups is 1. The zero-order valence-electron chi connectivity index (χ0n) is 11.7. The molecule has 3 aromatic rings. The number of fused-ring (bicyclic) bond motifs is 1. The molecule has 3 rings (SSSR count). The fourth-order valence-corrected chi connectivity index (χ4v) is 2.37. The van der Waals surface area contributed by atoms with Crippen LogP contribution in [-0.2, 0) is 0 Å². The summed E-state index contributed by atoms with van der Waals surface area (Å²) in [6.07, 6.45) is 0. The highest BCUT2D eigenvalue weighted by Crippen LogP contribution is 2.34. The van der Waals surface area contributed by atoms with Gasteiger partial charge in [0.25, 0.3) is 5.91 Å². The molecule has 1 heterocycles. The van der Waals surface area contributed by atoms with E-state index < -0.39 is 0 Å². The Balaban J connectivity index is 2.30. The first-order valence-corrected chi connectivity index (χ1v) is 6.61. The number of hydrogen-bond donors (Lipinski definition) is 1. The molecule has 21 heavy (non-hydrogen) atoms. The third-order valence-electron chi connectivity index (χ3n) is 3.40. The summed E-state index contributed by atoms with van der Waals surface area (Å²) in [5.41, 5.74) is 2.82. The van der Waals surface area contributed by atoms with Crippen LogP contribution >= 0.6 is 0 Å². The molecule has 0 bridgehead atoms. The summed E-state index contributed by atoms with van der Waals surface area (Å²) in [7, 11) is 1.57. The van der Waals surface area contributed by atoms with Crippen LogP contribution in [-0.4, -0.2) is 13.0 Å². The van der Waals surface area contributed by atoms with Gasteiger partial charge < -0.3 is 9.73 Å². The Hall–Kier alpha value is -2.62.